The molecule has 0 aromatic carbocycles. The fourth-order valence-corrected chi connectivity index (χ4v) is 2.25. The number of hydrogen-bond donors (Lipinski definition) is 1. The Kier molecular flexibility index (Phi) is 4.76. The minimum absolute atomic E-state index is 0.0591. The predicted molar refractivity (Wildman–Crippen MR) is 66.4 cm³/mol. The average Bonchev–Trinajstić information content (AvgIpc) is 2.94. The molecule has 0 aromatic heterocycles. The van der Waals surface area contributed by atoms with Crippen LogP contribution in [-0.4, -0.2) is 49.9 Å². The summed E-state index contributed by atoms with van der Waals surface area (Å²) in [7, 11) is 0. The summed E-state index contributed by atoms with van der Waals surface area (Å²) in [5, 5.41) is 2.68. The summed E-state index contributed by atoms with van der Waals surface area (Å²) < 4.78 is 16.3. The van der Waals surface area contributed by atoms with Crippen LogP contribution in [0.3, 0.4) is 0 Å². The molecule has 19 heavy (non-hydrogen) atoms. The molecule has 0 saturated carbocycles. The monoisotopic (exact) mass is 271 g/mol. The van der Waals surface area contributed by atoms with E-state index in [2.05, 4.69) is 5.32 Å². The fraction of sp³-hybridized carbons (Fsp3) is 0.846. The van der Waals surface area contributed by atoms with E-state index in [1.54, 1.807) is 13.8 Å². The summed E-state index contributed by atoms with van der Waals surface area (Å²) in [5.41, 5.74) is 0. The van der Waals surface area contributed by atoms with E-state index in [1.807, 2.05) is 0 Å². The summed E-state index contributed by atoms with van der Waals surface area (Å²) in [4.78, 5) is 23.0. The Morgan fingerprint density at radius 1 is 1.37 bits per heavy atom. The van der Waals surface area contributed by atoms with Crippen LogP contribution in [0.1, 0.15) is 26.7 Å². The van der Waals surface area contributed by atoms with Crippen LogP contribution in [-0.2, 0) is 23.8 Å². The molecule has 2 saturated heterocycles. The molecule has 2 rings (SSSR count). The van der Waals surface area contributed by atoms with Gasteiger partial charge in [0, 0.05) is 19.1 Å². The number of fused-ring (bicyclic) bond motifs is 1. The summed E-state index contributed by atoms with van der Waals surface area (Å²) in [6.45, 7) is 4.98. The molecule has 2 aliphatic rings. The maximum Gasteiger partial charge on any atom is 0.308 e. The molecular formula is C13H21NO5. The smallest absolute Gasteiger partial charge is 0.308 e. The predicted octanol–water partition coefficient (Wildman–Crippen LogP) is 0.248. The van der Waals surface area contributed by atoms with Crippen LogP contribution in [0.4, 0.5) is 0 Å². The van der Waals surface area contributed by atoms with Gasteiger partial charge in [-0.1, -0.05) is 13.8 Å². The summed E-state index contributed by atoms with van der Waals surface area (Å²) in [5.74, 6) is -0.461. The molecule has 1 unspecified atom stereocenters. The van der Waals surface area contributed by atoms with E-state index in [9.17, 15) is 9.59 Å². The number of amides is 1. The number of esters is 1. The number of ether oxygens (including phenoxy) is 3. The lowest BCUT2D eigenvalue weighted by molar-refractivity contribution is -0.153. The van der Waals surface area contributed by atoms with Crippen molar-refractivity contribution in [2.24, 2.45) is 5.92 Å². The summed E-state index contributed by atoms with van der Waals surface area (Å²) in [6, 6.07) is 0. The second-order valence-corrected chi connectivity index (χ2v) is 5.22. The van der Waals surface area contributed by atoms with Gasteiger partial charge in [0.15, 0.2) is 6.10 Å². The third kappa shape index (κ3) is 3.67. The Morgan fingerprint density at radius 3 is 2.89 bits per heavy atom. The van der Waals surface area contributed by atoms with Crippen LogP contribution in [0.5, 0.6) is 0 Å². The topological polar surface area (TPSA) is 73.9 Å². The minimum atomic E-state index is -0.325. The molecule has 6 nitrogen and oxygen atoms in total. The van der Waals surface area contributed by atoms with Crippen molar-refractivity contribution >= 4 is 11.9 Å². The molecule has 0 aliphatic carbocycles. The van der Waals surface area contributed by atoms with E-state index in [0.717, 1.165) is 6.42 Å². The van der Waals surface area contributed by atoms with Crippen LogP contribution in [0, 0.1) is 5.92 Å². The highest BCUT2D eigenvalue weighted by molar-refractivity contribution is 5.78. The molecule has 1 N–H and O–H groups in total. The van der Waals surface area contributed by atoms with Crippen molar-refractivity contribution in [3.63, 3.8) is 0 Å². The molecule has 2 heterocycles. The number of rotatable bonds is 5. The molecule has 0 radical (unpaired) electrons. The van der Waals surface area contributed by atoms with Gasteiger partial charge in [0.2, 0.25) is 5.91 Å². The van der Waals surface area contributed by atoms with Crippen molar-refractivity contribution in [2.75, 3.05) is 19.8 Å². The van der Waals surface area contributed by atoms with Gasteiger partial charge in [-0.2, -0.15) is 0 Å². The van der Waals surface area contributed by atoms with Gasteiger partial charge in [0.1, 0.15) is 6.10 Å². The quantitative estimate of drug-likeness (QED) is 0.725. The molecule has 0 bridgehead atoms. The molecule has 6 heteroatoms. The van der Waals surface area contributed by atoms with Crippen molar-refractivity contribution in [1.82, 2.24) is 5.32 Å². The SMILES string of the molecule is CC(C)C(=O)NCCC(=O)OC1CO[C@@H]2CCO[C@H]12. The molecular weight excluding hydrogens is 250 g/mol. The van der Waals surface area contributed by atoms with E-state index in [1.165, 1.54) is 0 Å². The Labute approximate surface area is 112 Å². The molecule has 0 aromatic rings. The van der Waals surface area contributed by atoms with Crippen molar-refractivity contribution in [1.29, 1.82) is 0 Å². The van der Waals surface area contributed by atoms with Crippen molar-refractivity contribution < 1.29 is 23.8 Å². The molecule has 3 atom stereocenters. The fourth-order valence-electron chi connectivity index (χ4n) is 2.25. The van der Waals surface area contributed by atoms with Crippen molar-refractivity contribution in [2.45, 2.75) is 45.0 Å². The van der Waals surface area contributed by atoms with Gasteiger partial charge in [-0.25, -0.2) is 0 Å². The lowest BCUT2D eigenvalue weighted by Crippen LogP contribution is -2.34. The number of hydrogen-bond acceptors (Lipinski definition) is 5. The average molecular weight is 271 g/mol. The van der Waals surface area contributed by atoms with Gasteiger partial charge in [-0.3, -0.25) is 9.59 Å². The number of nitrogens with one attached hydrogen (secondary N) is 1. The van der Waals surface area contributed by atoms with Crippen LogP contribution in [0.15, 0.2) is 0 Å². The van der Waals surface area contributed by atoms with Gasteiger partial charge in [0.25, 0.3) is 0 Å². The second-order valence-electron chi connectivity index (χ2n) is 5.22. The lowest BCUT2D eigenvalue weighted by Gasteiger charge is -2.16. The van der Waals surface area contributed by atoms with Gasteiger partial charge in [-0.15, -0.1) is 0 Å². The van der Waals surface area contributed by atoms with Crippen molar-refractivity contribution in [3.8, 4) is 0 Å². The summed E-state index contributed by atoms with van der Waals surface area (Å²) >= 11 is 0. The molecule has 0 spiro atoms. The number of carbonyl (C=O) groups is 2. The largest absolute Gasteiger partial charge is 0.457 e. The van der Waals surface area contributed by atoms with Crippen LogP contribution in [0.25, 0.3) is 0 Å². The second kappa shape index (κ2) is 6.34. The zero-order chi connectivity index (χ0) is 13.8. The van der Waals surface area contributed by atoms with Crippen LogP contribution >= 0.6 is 0 Å². The van der Waals surface area contributed by atoms with Gasteiger partial charge < -0.3 is 19.5 Å². The zero-order valence-corrected chi connectivity index (χ0v) is 11.4. The van der Waals surface area contributed by atoms with E-state index in [4.69, 9.17) is 14.2 Å². The summed E-state index contributed by atoms with van der Waals surface area (Å²) in [6.07, 6.45) is 0.684. The van der Waals surface area contributed by atoms with E-state index < -0.39 is 0 Å². The van der Waals surface area contributed by atoms with E-state index in [0.29, 0.717) is 19.8 Å². The number of carbonyl (C=O) groups excluding carboxylic acids is 2. The van der Waals surface area contributed by atoms with Gasteiger partial charge in [-0.05, 0) is 6.42 Å². The molecule has 2 fully saturated rings. The normalized spacial score (nSPS) is 29.3. The first kappa shape index (κ1) is 14.3. The third-order valence-electron chi connectivity index (χ3n) is 3.36. The Hall–Kier alpha value is -1.14. The maximum absolute atomic E-state index is 11.7. The third-order valence-corrected chi connectivity index (χ3v) is 3.36. The Morgan fingerprint density at radius 2 is 2.16 bits per heavy atom. The van der Waals surface area contributed by atoms with E-state index in [-0.39, 0.29) is 42.5 Å². The highest BCUT2D eigenvalue weighted by atomic mass is 16.6. The molecule has 108 valence electrons. The van der Waals surface area contributed by atoms with Gasteiger partial charge >= 0.3 is 5.97 Å². The maximum atomic E-state index is 11.7. The van der Waals surface area contributed by atoms with Gasteiger partial charge in [0.05, 0.1) is 19.1 Å². The Balaban J connectivity index is 1.66. The first-order chi connectivity index (χ1) is 9.08. The minimum Gasteiger partial charge on any atom is -0.457 e. The molecule has 1 amide bonds. The molecule has 2 aliphatic heterocycles. The van der Waals surface area contributed by atoms with Crippen molar-refractivity contribution in [3.05, 3.63) is 0 Å². The highest BCUT2D eigenvalue weighted by Crippen LogP contribution is 2.28. The standard InChI is InChI=1S/C13H21NO5/c1-8(2)13(16)14-5-3-11(15)19-10-7-18-9-4-6-17-12(9)10/h8-10,12H,3-7H2,1-2H3,(H,14,16)/t9-,10?,12+/m1/s1. The zero-order valence-electron chi connectivity index (χ0n) is 11.4. The van der Waals surface area contributed by atoms with E-state index >= 15 is 0 Å². The Bertz CT molecular complexity index is 344. The van der Waals surface area contributed by atoms with Crippen LogP contribution in [0.2, 0.25) is 0 Å². The van der Waals surface area contributed by atoms with Crippen LogP contribution < -0.4 is 5.32 Å². The lowest BCUT2D eigenvalue weighted by atomic mass is 10.1. The first-order valence-electron chi connectivity index (χ1n) is 6.78. The first-order valence-corrected chi connectivity index (χ1v) is 6.78. The highest BCUT2D eigenvalue weighted by Gasteiger charge is 2.43.